The maximum atomic E-state index is 9.50. The number of aryl methyl sites for hydroxylation is 2. The van der Waals surface area contributed by atoms with E-state index in [4.69, 9.17) is 4.74 Å². The van der Waals surface area contributed by atoms with Gasteiger partial charge in [0.25, 0.3) is 0 Å². The van der Waals surface area contributed by atoms with E-state index < -0.39 is 0 Å². The van der Waals surface area contributed by atoms with Crippen LogP contribution in [0.3, 0.4) is 0 Å². The summed E-state index contributed by atoms with van der Waals surface area (Å²) < 4.78 is 7.77. The number of thiazole rings is 1. The lowest BCUT2D eigenvalue weighted by Gasteiger charge is -2.10. The predicted molar refractivity (Wildman–Crippen MR) is 75.0 cm³/mol. The minimum absolute atomic E-state index is 0.0990. The number of aliphatic hydroxyl groups is 1. The molecular formula is C14H14N2O2S. The number of ether oxygens (including phenoxy) is 1. The van der Waals surface area contributed by atoms with Crippen LogP contribution in [-0.4, -0.2) is 14.5 Å². The Labute approximate surface area is 114 Å². The van der Waals surface area contributed by atoms with Gasteiger partial charge in [-0.2, -0.15) is 4.98 Å². The first-order valence-corrected chi connectivity index (χ1v) is 6.88. The zero-order valence-electron chi connectivity index (χ0n) is 10.8. The number of para-hydroxylation sites is 1. The van der Waals surface area contributed by atoms with Crippen molar-refractivity contribution in [1.29, 1.82) is 0 Å². The van der Waals surface area contributed by atoms with E-state index in [1.54, 1.807) is 0 Å². The van der Waals surface area contributed by atoms with Crippen molar-refractivity contribution < 1.29 is 9.84 Å². The first-order valence-electron chi connectivity index (χ1n) is 6.00. The maximum Gasteiger partial charge on any atom is 0.244 e. The lowest BCUT2D eigenvalue weighted by Crippen LogP contribution is -1.96. The second-order valence-electron chi connectivity index (χ2n) is 4.40. The van der Waals surface area contributed by atoms with E-state index in [1.807, 2.05) is 48.0 Å². The van der Waals surface area contributed by atoms with Crippen LogP contribution < -0.4 is 4.74 Å². The molecule has 0 fully saturated rings. The van der Waals surface area contributed by atoms with Crippen molar-refractivity contribution in [3.63, 3.8) is 0 Å². The summed E-state index contributed by atoms with van der Waals surface area (Å²) in [6.45, 7) is 3.90. The summed E-state index contributed by atoms with van der Waals surface area (Å²) >= 11 is 1.52. The van der Waals surface area contributed by atoms with Crippen LogP contribution in [0.5, 0.6) is 11.6 Å². The minimum atomic E-state index is -0.0990. The third-order valence-corrected chi connectivity index (χ3v) is 3.84. The second kappa shape index (κ2) is 4.68. The summed E-state index contributed by atoms with van der Waals surface area (Å²) in [4.78, 5) is 5.24. The molecule has 0 aliphatic rings. The van der Waals surface area contributed by atoms with E-state index in [1.165, 1.54) is 11.3 Å². The Kier molecular flexibility index (Phi) is 3.00. The molecule has 2 aromatic heterocycles. The van der Waals surface area contributed by atoms with Crippen LogP contribution in [0.25, 0.3) is 4.96 Å². The Balaban J connectivity index is 2.08. The van der Waals surface area contributed by atoms with Gasteiger partial charge in [-0.3, -0.25) is 4.40 Å². The van der Waals surface area contributed by atoms with Gasteiger partial charge in [0.1, 0.15) is 11.4 Å². The molecule has 3 aromatic rings. The summed E-state index contributed by atoms with van der Waals surface area (Å²) in [5.41, 5.74) is 2.79. The molecule has 5 heteroatoms. The third-order valence-electron chi connectivity index (χ3n) is 3.08. The summed E-state index contributed by atoms with van der Waals surface area (Å²) in [7, 11) is 0. The molecule has 4 nitrogen and oxygen atoms in total. The van der Waals surface area contributed by atoms with Crippen molar-refractivity contribution in [1.82, 2.24) is 9.38 Å². The van der Waals surface area contributed by atoms with E-state index in [2.05, 4.69) is 4.98 Å². The van der Waals surface area contributed by atoms with E-state index in [0.717, 1.165) is 21.8 Å². The van der Waals surface area contributed by atoms with Crippen molar-refractivity contribution in [2.75, 3.05) is 0 Å². The van der Waals surface area contributed by atoms with Gasteiger partial charge in [0.15, 0.2) is 4.96 Å². The number of imidazole rings is 1. The number of aromatic nitrogens is 2. The normalized spacial score (nSPS) is 11.1. The van der Waals surface area contributed by atoms with Gasteiger partial charge in [0.05, 0.1) is 6.61 Å². The maximum absolute atomic E-state index is 9.50. The zero-order chi connectivity index (χ0) is 13.4. The molecule has 0 unspecified atom stereocenters. The lowest BCUT2D eigenvalue weighted by atomic mass is 10.1. The van der Waals surface area contributed by atoms with Gasteiger partial charge in [-0.1, -0.05) is 18.2 Å². The van der Waals surface area contributed by atoms with E-state index in [0.29, 0.717) is 11.6 Å². The molecule has 2 heterocycles. The minimum Gasteiger partial charge on any atom is -0.437 e. The van der Waals surface area contributed by atoms with Crippen LogP contribution in [0.15, 0.2) is 29.8 Å². The highest BCUT2D eigenvalue weighted by Gasteiger charge is 2.16. The Morgan fingerprint density at radius 3 is 2.74 bits per heavy atom. The molecule has 1 N–H and O–H groups in total. The largest absolute Gasteiger partial charge is 0.437 e. The van der Waals surface area contributed by atoms with E-state index in [9.17, 15) is 5.11 Å². The topological polar surface area (TPSA) is 46.8 Å². The van der Waals surface area contributed by atoms with Crippen molar-refractivity contribution >= 4 is 16.3 Å². The highest BCUT2D eigenvalue weighted by molar-refractivity contribution is 7.15. The smallest absolute Gasteiger partial charge is 0.244 e. The number of fused-ring (bicyclic) bond motifs is 1. The Morgan fingerprint density at radius 2 is 2.05 bits per heavy atom. The number of aliphatic hydroxyl groups excluding tert-OH is 1. The van der Waals surface area contributed by atoms with E-state index >= 15 is 0 Å². The highest BCUT2D eigenvalue weighted by atomic mass is 32.1. The van der Waals surface area contributed by atoms with Crippen LogP contribution in [0.1, 0.15) is 16.8 Å². The van der Waals surface area contributed by atoms with Crippen molar-refractivity contribution in [2.45, 2.75) is 20.5 Å². The fourth-order valence-corrected chi connectivity index (χ4v) is 2.82. The molecule has 0 saturated heterocycles. The van der Waals surface area contributed by atoms with Gasteiger partial charge in [0, 0.05) is 11.6 Å². The SMILES string of the molecule is Cc1cccc(C)c1Oc1nc2sccn2c1CO. The van der Waals surface area contributed by atoms with Crippen LogP contribution in [0.4, 0.5) is 0 Å². The highest BCUT2D eigenvalue weighted by Crippen LogP contribution is 2.31. The Hall–Kier alpha value is -1.85. The molecule has 1 aromatic carbocycles. The molecule has 0 atom stereocenters. The van der Waals surface area contributed by atoms with Gasteiger partial charge in [-0.25, -0.2) is 0 Å². The number of rotatable bonds is 3. The first kappa shape index (κ1) is 12.2. The van der Waals surface area contributed by atoms with Crippen molar-refractivity contribution in [3.8, 4) is 11.6 Å². The first-order chi connectivity index (χ1) is 9.20. The standard InChI is InChI=1S/C14H14N2O2S/c1-9-4-3-5-10(2)12(9)18-13-11(8-17)16-6-7-19-14(16)15-13/h3-7,17H,8H2,1-2H3. The van der Waals surface area contributed by atoms with Gasteiger partial charge in [-0.15, -0.1) is 11.3 Å². The van der Waals surface area contributed by atoms with Crippen LogP contribution in [-0.2, 0) is 6.61 Å². The average Bonchev–Trinajstić information content (AvgIpc) is 2.93. The molecular weight excluding hydrogens is 260 g/mol. The second-order valence-corrected chi connectivity index (χ2v) is 5.27. The van der Waals surface area contributed by atoms with Gasteiger partial charge < -0.3 is 9.84 Å². The van der Waals surface area contributed by atoms with Crippen LogP contribution in [0, 0.1) is 13.8 Å². The number of hydrogen-bond acceptors (Lipinski definition) is 4. The number of nitrogens with zero attached hydrogens (tertiary/aromatic N) is 2. The molecule has 19 heavy (non-hydrogen) atoms. The van der Waals surface area contributed by atoms with Crippen molar-refractivity contribution in [2.24, 2.45) is 0 Å². The average molecular weight is 274 g/mol. The molecule has 0 radical (unpaired) electrons. The lowest BCUT2D eigenvalue weighted by molar-refractivity contribution is 0.269. The quantitative estimate of drug-likeness (QED) is 0.797. The molecule has 0 bridgehead atoms. The van der Waals surface area contributed by atoms with Crippen molar-refractivity contribution in [3.05, 3.63) is 46.6 Å². The fourth-order valence-electron chi connectivity index (χ4n) is 2.10. The van der Waals surface area contributed by atoms with Gasteiger partial charge >= 0.3 is 0 Å². The third kappa shape index (κ3) is 2.01. The predicted octanol–water partition coefficient (Wildman–Crippen LogP) is 3.30. The summed E-state index contributed by atoms with van der Waals surface area (Å²) in [5, 5.41) is 11.4. The van der Waals surface area contributed by atoms with E-state index in [-0.39, 0.29) is 6.61 Å². The Morgan fingerprint density at radius 1 is 1.32 bits per heavy atom. The van der Waals surface area contributed by atoms with Crippen LogP contribution >= 0.6 is 11.3 Å². The molecule has 0 aliphatic carbocycles. The summed E-state index contributed by atoms with van der Waals surface area (Å²) in [6, 6.07) is 6.00. The molecule has 0 saturated carbocycles. The monoisotopic (exact) mass is 274 g/mol. The van der Waals surface area contributed by atoms with Gasteiger partial charge in [-0.05, 0) is 25.0 Å². The number of hydrogen-bond donors (Lipinski definition) is 1. The van der Waals surface area contributed by atoms with Gasteiger partial charge in [0.2, 0.25) is 5.88 Å². The molecule has 3 rings (SSSR count). The number of benzene rings is 1. The fraction of sp³-hybridized carbons (Fsp3) is 0.214. The summed E-state index contributed by atoms with van der Waals surface area (Å²) in [6.07, 6.45) is 1.89. The molecule has 0 amide bonds. The molecule has 0 aliphatic heterocycles. The molecule has 98 valence electrons. The zero-order valence-corrected chi connectivity index (χ0v) is 11.6. The Bertz CT molecular complexity index is 710. The summed E-state index contributed by atoms with van der Waals surface area (Å²) in [5.74, 6) is 1.29. The molecule has 0 spiro atoms. The van der Waals surface area contributed by atoms with Crippen LogP contribution in [0.2, 0.25) is 0 Å².